The van der Waals surface area contributed by atoms with Crippen LogP contribution in [0, 0.1) is 6.92 Å². The number of aryl methyl sites for hydroxylation is 1. The van der Waals surface area contributed by atoms with E-state index < -0.39 is 17.0 Å². The number of carbonyl (C=O) groups is 2. The van der Waals surface area contributed by atoms with Crippen molar-refractivity contribution in [3.63, 3.8) is 0 Å². The van der Waals surface area contributed by atoms with Crippen molar-refractivity contribution in [2.45, 2.75) is 71.0 Å². The van der Waals surface area contributed by atoms with Crippen LogP contribution in [0.5, 0.6) is 0 Å². The summed E-state index contributed by atoms with van der Waals surface area (Å²) in [4.78, 5) is 24.8. The molecule has 3 nitrogen and oxygen atoms in total. The third-order valence-corrected chi connectivity index (χ3v) is 7.92. The van der Waals surface area contributed by atoms with Crippen molar-refractivity contribution >= 4 is 22.9 Å². The second-order valence-electron chi connectivity index (χ2n) is 10.4. The summed E-state index contributed by atoms with van der Waals surface area (Å²) in [5.41, 5.74) is 3.18. The zero-order valence-corrected chi connectivity index (χ0v) is 20.3. The molecule has 33 heavy (non-hydrogen) atoms. The number of carbonyl (C=O) groups excluding carboxylic acids is 2. The number of alkyl halides is 3. The molecule has 0 saturated carbocycles. The lowest BCUT2D eigenvalue weighted by Gasteiger charge is -2.42. The minimum absolute atomic E-state index is 0.0301. The van der Waals surface area contributed by atoms with Crippen LogP contribution in [0.1, 0.15) is 68.4 Å². The summed E-state index contributed by atoms with van der Waals surface area (Å²) in [6.45, 7) is 10.4. The first kappa shape index (κ1) is 23.9. The van der Waals surface area contributed by atoms with Crippen LogP contribution < -0.4 is 0 Å². The van der Waals surface area contributed by atoms with E-state index >= 15 is 0 Å². The molecular formula is C26H28F3NO2S. The minimum Gasteiger partial charge on any atom is -0.273 e. The molecular weight excluding hydrogens is 447 g/mol. The number of nitrogens with zero attached hydrogens (tertiary/aromatic N) is 1. The second kappa shape index (κ2) is 7.90. The van der Waals surface area contributed by atoms with Crippen molar-refractivity contribution in [3.8, 4) is 11.1 Å². The lowest BCUT2D eigenvalue weighted by Crippen LogP contribution is -2.34. The van der Waals surface area contributed by atoms with Gasteiger partial charge >= 0.3 is 6.18 Å². The first-order chi connectivity index (χ1) is 15.2. The van der Waals surface area contributed by atoms with Gasteiger partial charge in [0.1, 0.15) is 0 Å². The summed E-state index contributed by atoms with van der Waals surface area (Å²) in [6, 6.07) is 8.14. The van der Waals surface area contributed by atoms with Gasteiger partial charge in [0, 0.05) is 0 Å². The van der Waals surface area contributed by atoms with E-state index in [9.17, 15) is 22.8 Å². The lowest BCUT2D eigenvalue weighted by molar-refractivity contribution is -0.137. The molecule has 2 amide bonds. The maximum absolute atomic E-state index is 14.2. The molecule has 4 rings (SSSR count). The molecule has 0 N–H and O–H groups in total. The van der Waals surface area contributed by atoms with Gasteiger partial charge in [0.15, 0.2) is 0 Å². The molecule has 1 heterocycles. The molecule has 0 atom stereocenters. The zero-order valence-electron chi connectivity index (χ0n) is 19.5. The second-order valence-corrected chi connectivity index (χ2v) is 11.3. The number of benzene rings is 2. The van der Waals surface area contributed by atoms with Gasteiger partial charge in [0.2, 0.25) is 5.91 Å². The predicted octanol–water partition coefficient (Wildman–Crippen LogP) is 7.23. The summed E-state index contributed by atoms with van der Waals surface area (Å²) in [5.74, 6) is -0.346. The summed E-state index contributed by atoms with van der Waals surface area (Å²) < 4.78 is 42.5. The van der Waals surface area contributed by atoms with E-state index in [2.05, 4.69) is 33.8 Å². The highest BCUT2D eigenvalue weighted by atomic mass is 32.2. The van der Waals surface area contributed by atoms with Gasteiger partial charge in [0.25, 0.3) is 5.24 Å². The molecule has 2 aliphatic rings. The highest BCUT2D eigenvalue weighted by Crippen LogP contribution is 2.48. The number of amides is 2. The Kier molecular flexibility index (Phi) is 5.71. The molecule has 1 saturated heterocycles. The van der Waals surface area contributed by atoms with Crippen LogP contribution in [-0.4, -0.2) is 21.8 Å². The number of hydrogen-bond donors (Lipinski definition) is 0. The van der Waals surface area contributed by atoms with Crippen LogP contribution in [0.25, 0.3) is 11.1 Å². The Hall–Kier alpha value is -2.28. The molecule has 1 aliphatic heterocycles. The Morgan fingerprint density at radius 3 is 2.09 bits per heavy atom. The van der Waals surface area contributed by atoms with Crippen LogP contribution in [-0.2, 0) is 28.3 Å². The molecule has 7 heteroatoms. The molecule has 2 aromatic carbocycles. The summed E-state index contributed by atoms with van der Waals surface area (Å²) >= 11 is 0.872. The number of thioether (sulfide) groups is 1. The van der Waals surface area contributed by atoms with Gasteiger partial charge in [0.05, 0.1) is 17.9 Å². The normalized spacial score (nSPS) is 19.7. The fourth-order valence-electron chi connectivity index (χ4n) is 4.89. The number of hydrogen-bond acceptors (Lipinski definition) is 3. The van der Waals surface area contributed by atoms with Crippen molar-refractivity contribution in [1.82, 2.24) is 4.90 Å². The maximum atomic E-state index is 14.2. The monoisotopic (exact) mass is 475 g/mol. The van der Waals surface area contributed by atoms with E-state index in [4.69, 9.17) is 0 Å². The number of fused-ring (bicyclic) bond motifs is 1. The van der Waals surface area contributed by atoms with Gasteiger partial charge in [-0.05, 0) is 70.0 Å². The Morgan fingerprint density at radius 2 is 1.55 bits per heavy atom. The fourth-order valence-corrected chi connectivity index (χ4v) is 5.61. The molecule has 0 radical (unpaired) electrons. The van der Waals surface area contributed by atoms with Gasteiger partial charge < -0.3 is 0 Å². The first-order valence-corrected chi connectivity index (χ1v) is 12.0. The fraction of sp³-hybridized carbons (Fsp3) is 0.462. The smallest absolute Gasteiger partial charge is 0.273 e. The maximum Gasteiger partial charge on any atom is 0.417 e. The van der Waals surface area contributed by atoms with E-state index in [1.54, 1.807) is 6.07 Å². The molecule has 1 aliphatic carbocycles. The first-order valence-electron chi connectivity index (χ1n) is 11.0. The van der Waals surface area contributed by atoms with Crippen molar-refractivity contribution in [3.05, 3.63) is 58.1 Å². The standard InChI is InChI=1S/C26H28F3NO2S/c1-15-10-20-21(25(4,5)9-8-24(20,2)3)12-18(15)17-7-6-16(11-19(17)26(27,28)29)13-30-22(31)14-33-23(30)32/h6-7,10-12H,8-9,13-14H2,1-5H3. The molecule has 176 valence electrons. The minimum atomic E-state index is -4.57. The van der Waals surface area contributed by atoms with Crippen LogP contribution in [0.15, 0.2) is 30.3 Å². The van der Waals surface area contributed by atoms with Crippen LogP contribution in [0.2, 0.25) is 0 Å². The van der Waals surface area contributed by atoms with Gasteiger partial charge in [-0.3, -0.25) is 14.5 Å². The Morgan fingerprint density at radius 1 is 0.939 bits per heavy atom. The predicted molar refractivity (Wildman–Crippen MR) is 125 cm³/mol. The summed E-state index contributed by atoms with van der Waals surface area (Å²) in [7, 11) is 0. The summed E-state index contributed by atoms with van der Waals surface area (Å²) in [6.07, 6.45) is -2.58. The highest BCUT2D eigenvalue weighted by molar-refractivity contribution is 8.14. The van der Waals surface area contributed by atoms with Crippen LogP contribution in [0.4, 0.5) is 18.0 Å². The number of halogens is 3. The third-order valence-electron chi connectivity index (χ3n) is 7.06. The van der Waals surface area contributed by atoms with Crippen molar-refractivity contribution in [1.29, 1.82) is 0 Å². The van der Waals surface area contributed by atoms with Gasteiger partial charge in [-0.2, -0.15) is 13.2 Å². The lowest BCUT2D eigenvalue weighted by atomic mass is 9.62. The summed E-state index contributed by atoms with van der Waals surface area (Å²) in [5, 5.41) is -0.423. The van der Waals surface area contributed by atoms with E-state index in [0.29, 0.717) is 5.56 Å². The van der Waals surface area contributed by atoms with E-state index in [1.807, 2.05) is 13.0 Å². The molecule has 0 bridgehead atoms. The van der Waals surface area contributed by atoms with Crippen molar-refractivity contribution in [2.24, 2.45) is 0 Å². The molecule has 0 spiro atoms. The van der Waals surface area contributed by atoms with Gasteiger partial charge in [-0.25, -0.2) is 0 Å². The van der Waals surface area contributed by atoms with Gasteiger partial charge in [-0.1, -0.05) is 63.7 Å². The molecule has 2 aromatic rings. The van der Waals surface area contributed by atoms with Crippen LogP contribution >= 0.6 is 11.8 Å². The van der Waals surface area contributed by atoms with E-state index in [0.717, 1.165) is 46.7 Å². The molecule has 0 aromatic heterocycles. The van der Waals surface area contributed by atoms with E-state index in [1.165, 1.54) is 11.6 Å². The highest BCUT2D eigenvalue weighted by Gasteiger charge is 2.39. The quantitative estimate of drug-likeness (QED) is 0.470. The number of rotatable bonds is 3. The Bertz CT molecular complexity index is 1130. The SMILES string of the molecule is Cc1cc2c(cc1-c1ccc(CN3C(=O)CSC3=O)cc1C(F)(F)F)C(C)(C)CCC2(C)C. The average molecular weight is 476 g/mol. The van der Waals surface area contributed by atoms with Crippen LogP contribution in [0.3, 0.4) is 0 Å². The molecule has 0 unspecified atom stereocenters. The third kappa shape index (κ3) is 4.32. The van der Waals surface area contributed by atoms with Crippen molar-refractivity contribution < 1.29 is 22.8 Å². The van der Waals surface area contributed by atoms with Gasteiger partial charge in [-0.15, -0.1) is 0 Å². The topological polar surface area (TPSA) is 37.4 Å². The Balaban J connectivity index is 1.84. The number of imide groups is 1. The van der Waals surface area contributed by atoms with E-state index in [-0.39, 0.29) is 40.2 Å². The van der Waals surface area contributed by atoms with Crippen molar-refractivity contribution in [2.75, 3.05) is 5.75 Å². The zero-order chi connectivity index (χ0) is 24.3. The average Bonchev–Trinajstić information content (AvgIpc) is 3.03. The Labute approximate surface area is 196 Å². The largest absolute Gasteiger partial charge is 0.417 e. The molecule has 1 fully saturated rings.